The number of esters is 2. The fourth-order valence-electron chi connectivity index (χ4n) is 3.50. The molecule has 188 valence electrons. The summed E-state index contributed by atoms with van der Waals surface area (Å²) in [5.41, 5.74) is -0.732. The van der Waals surface area contributed by atoms with Crippen LogP contribution in [0.5, 0.6) is 0 Å². The Balaban J connectivity index is 3.32. The van der Waals surface area contributed by atoms with Gasteiger partial charge < -0.3 is 9.47 Å². The van der Waals surface area contributed by atoms with Gasteiger partial charge in [0.25, 0.3) is 0 Å². The van der Waals surface area contributed by atoms with Gasteiger partial charge in [-0.15, -0.1) is 0 Å². The first-order chi connectivity index (χ1) is 15.0. The Morgan fingerprint density at radius 2 is 0.781 bits per heavy atom. The molecule has 0 saturated carbocycles. The quantitative estimate of drug-likeness (QED) is 0.119. The van der Waals surface area contributed by atoms with E-state index in [4.69, 9.17) is 9.47 Å². The fraction of sp³-hybridized carbons (Fsp3) is 0.857. The molecule has 0 saturated heterocycles. The van der Waals surface area contributed by atoms with E-state index in [0.29, 0.717) is 12.8 Å². The van der Waals surface area contributed by atoms with Crippen molar-refractivity contribution in [3.8, 4) is 0 Å². The van der Waals surface area contributed by atoms with E-state index >= 15 is 0 Å². The Labute approximate surface area is 198 Å². The van der Waals surface area contributed by atoms with Crippen LogP contribution in [0.1, 0.15) is 144 Å². The predicted octanol–water partition coefficient (Wildman–Crippen LogP) is 8.47. The van der Waals surface area contributed by atoms with Crippen molar-refractivity contribution in [2.75, 3.05) is 0 Å². The summed E-state index contributed by atoms with van der Waals surface area (Å²) in [5.74, 6) is -0.138. The van der Waals surface area contributed by atoms with Crippen LogP contribution in [-0.4, -0.2) is 23.1 Å². The molecule has 4 nitrogen and oxygen atoms in total. The molecule has 0 aromatic heterocycles. The zero-order valence-electron chi connectivity index (χ0n) is 22.1. The summed E-state index contributed by atoms with van der Waals surface area (Å²) in [4.78, 5) is 23.3. The normalized spacial score (nSPS) is 12.3. The number of ether oxygens (including phenoxy) is 2. The maximum Gasteiger partial charge on any atom is 0.306 e. The third-order valence-corrected chi connectivity index (χ3v) is 5.01. The van der Waals surface area contributed by atoms with Crippen molar-refractivity contribution in [3.05, 3.63) is 12.2 Å². The lowest BCUT2D eigenvalue weighted by molar-refractivity contribution is -0.156. The van der Waals surface area contributed by atoms with Gasteiger partial charge in [0.2, 0.25) is 0 Å². The topological polar surface area (TPSA) is 52.6 Å². The first kappa shape index (κ1) is 30.7. The Hall–Kier alpha value is -1.32. The van der Waals surface area contributed by atoms with Crippen molar-refractivity contribution in [3.63, 3.8) is 0 Å². The molecule has 0 aliphatic heterocycles. The first-order valence-corrected chi connectivity index (χ1v) is 13.1. The Bertz CT molecular complexity index is 509. The lowest BCUT2D eigenvalue weighted by Gasteiger charge is -2.19. The minimum atomic E-state index is -0.367. The van der Waals surface area contributed by atoms with Crippen molar-refractivity contribution >= 4 is 11.9 Å². The Morgan fingerprint density at radius 1 is 0.500 bits per heavy atom. The molecule has 0 aliphatic carbocycles. The van der Waals surface area contributed by atoms with E-state index in [1.54, 1.807) is 0 Å². The van der Waals surface area contributed by atoms with E-state index < -0.39 is 0 Å². The molecule has 4 heteroatoms. The molecule has 0 aromatic carbocycles. The van der Waals surface area contributed by atoms with Crippen LogP contribution in [0.4, 0.5) is 0 Å². The molecule has 32 heavy (non-hydrogen) atoms. The molecule has 0 N–H and O–H groups in total. The highest BCUT2D eigenvalue weighted by Gasteiger charge is 2.16. The summed E-state index contributed by atoms with van der Waals surface area (Å²) < 4.78 is 10.7. The van der Waals surface area contributed by atoms with Crippen LogP contribution in [-0.2, 0) is 19.1 Å². The first-order valence-electron chi connectivity index (χ1n) is 13.1. The Kier molecular flexibility index (Phi) is 17.4. The number of carbonyl (C=O) groups excluding carboxylic acids is 2. The van der Waals surface area contributed by atoms with Crippen LogP contribution in [0.3, 0.4) is 0 Å². The van der Waals surface area contributed by atoms with E-state index in [9.17, 15) is 9.59 Å². The average Bonchev–Trinajstić information content (AvgIpc) is 2.64. The van der Waals surface area contributed by atoms with Crippen molar-refractivity contribution in [1.82, 2.24) is 0 Å². The van der Waals surface area contributed by atoms with Gasteiger partial charge in [-0.1, -0.05) is 63.5 Å². The third-order valence-electron chi connectivity index (χ3n) is 5.01. The zero-order chi connectivity index (χ0) is 24.3. The summed E-state index contributed by atoms with van der Waals surface area (Å²) in [6.45, 7) is 11.5. The van der Waals surface area contributed by atoms with E-state index in [2.05, 4.69) is 12.2 Å². The largest absolute Gasteiger partial charge is 0.460 e. The van der Waals surface area contributed by atoms with Crippen LogP contribution in [0.25, 0.3) is 0 Å². The predicted molar refractivity (Wildman–Crippen MR) is 135 cm³/mol. The van der Waals surface area contributed by atoms with Crippen molar-refractivity contribution in [1.29, 1.82) is 0 Å². The number of hydrogen-bond acceptors (Lipinski definition) is 4. The maximum absolute atomic E-state index is 11.6. The van der Waals surface area contributed by atoms with Gasteiger partial charge in [-0.25, -0.2) is 0 Å². The highest BCUT2D eigenvalue weighted by atomic mass is 16.6. The highest BCUT2D eigenvalue weighted by molar-refractivity contribution is 5.70. The van der Waals surface area contributed by atoms with Crippen LogP contribution in [0.15, 0.2) is 12.2 Å². The second kappa shape index (κ2) is 18.1. The second-order valence-corrected chi connectivity index (χ2v) is 11.0. The number of unbranched alkanes of at least 4 members (excludes halogenated alkanes) is 12. The van der Waals surface area contributed by atoms with Gasteiger partial charge in [-0.3, -0.25) is 9.59 Å². The summed E-state index contributed by atoms with van der Waals surface area (Å²) in [5, 5.41) is 0. The lowest BCUT2D eigenvalue weighted by atomic mass is 10.1. The highest BCUT2D eigenvalue weighted by Crippen LogP contribution is 2.14. The molecule has 0 amide bonds. The second-order valence-electron chi connectivity index (χ2n) is 11.0. The minimum Gasteiger partial charge on any atom is -0.460 e. The van der Waals surface area contributed by atoms with Crippen molar-refractivity contribution in [2.45, 2.75) is 155 Å². The van der Waals surface area contributed by atoms with Crippen LogP contribution in [0, 0.1) is 0 Å². The smallest absolute Gasteiger partial charge is 0.306 e. The molecule has 0 rings (SSSR count). The third kappa shape index (κ3) is 24.9. The SMILES string of the molecule is CC(C)(C)OC(=O)CCCCCCC/C=C/CCCCCCCCCC(=O)OC(C)(C)C. The molecule has 0 aliphatic rings. The number of allylic oxidation sites excluding steroid dienone is 2. The van der Waals surface area contributed by atoms with Gasteiger partial charge in [-0.2, -0.15) is 0 Å². The summed E-state index contributed by atoms with van der Waals surface area (Å²) >= 11 is 0. The Morgan fingerprint density at radius 3 is 1.09 bits per heavy atom. The summed E-state index contributed by atoms with van der Waals surface area (Å²) in [6.07, 6.45) is 22.3. The molecular weight excluding hydrogens is 400 g/mol. The van der Waals surface area contributed by atoms with Gasteiger partial charge in [0.05, 0.1) is 0 Å². The van der Waals surface area contributed by atoms with Gasteiger partial charge in [0, 0.05) is 12.8 Å². The fourth-order valence-corrected chi connectivity index (χ4v) is 3.50. The van der Waals surface area contributed by atoms with Gasteiger partial charge in [-0.05, 0) is 80.1 Å². The van der Waals surface area contributed by atoms with Crippen molar-refractivity contribution in [2.24, 2.45) is 0 Å². The molecule has 0 fully saturated rings. The van der Waals surface area contributed by atoms with Crippen molar-refractivity contribution < 1.29 is 19.1 Å². The average molecular weight is 453 g/mol. The summed E-state index contributed by atoms with van der Waals surface area (Å²) in [6, 6.07) is 0. The summed E-state index contributed by atoms with van der Waals surface area (Å²) in [7, 11) is 0. The monoisotopic (exact) mass is 452 g/mol. The molecule has 0 atom stereocenters. The van der Waals surface area contributed by atoms with E-state index in [-0.39, 0.29) is 23.1 Å². The number of hydrogen-bond donors (Lipinski definition) is 0. The van der Waals surface area contributed by atoms with E-state index in [1.807, 2.05) is 41.5 Å². The number of carbonyl (C=O) groups is 2. The van der Waals surface area contributed by atoms with Gasteiger partial charge >= 0.3 is 11.9 Å². The van der Waals surface area contributed by atoms with Crippen LogP contribution in [0.2, 0.25) is 0 Å². The van der Waals surface area contributed by atoms with Gasteiger partial charge in [0.1, 0.15) is 11.2 Å². The molecule has 0 bridgehead atoms. The lowest BCUT2D eigenvalue weighted by Crippen LogP contribution is -2.23. The van der Waals surface area contributed by atoms with Crippen LogP contribution >= 0.6 is 0 Å². The molecule has 0 unspecified atom stereocenters. The molecular formula is C28H52O4. The number of rotatable bonds is 18. The van der Waals surface area contributed by atoms with E-state index in [0.717, 1.165) is 25.7 Å². The molecule has 0 aromatic rings. The van der Waals surface area contributed by atoms with Crippen LogP contribution < -0.4 is 0 Å². The zero-order valence-corrected chi connectivity index (χ0v) is 22.1. The van der Waals surface area contributed by atoms with Gasteiger partial charge in [0.15, 0.2) is 0 Å². The standard InChI is InChI=1S/C28H52O4/c1-27(2,3)31-25(29)23-21-19-17-15-13-11-9-7-8-10-12-14-16-18-20-22-24-26(30)32-28(4,5)6/h7,9H,8,10-24H2,1-6H3/b9-7+. The maximum atomic E-state index is 11.6. The van der Waals surface area contributed by atoms with E-state index in [1.165, 1.54) is 64.2 Å². The molecule has 0 radical (unpaired) electrons. The molecule has 0 spiro atoms. The minimum absolute atomic E-state index is 0.0671. The molecule has 0 heterocycles.